The molecule has 1 atom stereocenters. The van der Waals surface area contributed by atoms with Crippen LogP contribution >= 0.6 is 0 Å². The molecule has 1 aromatic carbocycles. The van der Waals surface area contributed by atoms with Crippen LogP contribution in [-0.4, -0.2) is 35.5 Å². The first-order chi connectivity index (χ1) is 8.49. The monoisotopic (exact) mass is 250 g/mol. The maximum Gasteiger partial charge on any atom is 0.253 e. The van der Waals surface area contributed by atoms with E-state index in [0.29, 0.717) is 30.8 Å². The molecule has 0 bridgehead atoms. The molecular formula is C14H22N2O2. The second-order valence-corrected chi connectivity index (χ2v) is 4.69. The van der Waals surface area contributed by atoms with Crippen molar-refractivity contribution in [1.29, 1.82) is 0 Å². The number of phenolic OH excluding ortho intramolecular Hbond substituents is 1. The van der Waals surface area contributed by atoms with Crippen LogP contribution < -0.4 is 5.73 Å². The molecule has 18 heavy (non-hydrogen) atoms. The number of nitrogens with two attached hydrogens (primary N) is 1. The molecule has 0 radical (unpaired) electrons. The number of amides is 1. The van der Waals surface area contributed by atoms with Gasteiger partial charge in [-0.3, -0.25) is 4.79 Å². The van der Waals surface area contributed by atoms with Crippen molar-refractivity contribution in [1.82, 2.24) is 4.90 Å². The molecule has 0 aliphatic heterocycles. The van der Waals surface area contributed by atoms with Gasteiger partial charge in [0.05, 0.1) is 0 Å². The van der Waals surface area contributed by atoms with Gasteiger partial charge in [-0.05, 0) is 50.1 Å². The lowest BCUT2D eigenvalue weighted by molar-refractivity contribution is 0.0743. The third-order valence-electron chi connectivity index (χ3n) is 3.05. The lowest BCUT2D eigenvalue weighted by atomic mass is 10.1. The Morgan fingerprint density at radius 2 is 2.17 bits per heavy atom. The molecule has 0 aromatic heterocycles. The maximum atomic E-state index is 12.3. The summed E-state index contributed by atoms with van der Waals surface area (Å²) in [7, 11) is 0. The molecule has 0 saturated carbocycles. The van der Waals surface area contributed by atoms with E-state index in [2.05, 4.69) is 0 Å². The molecule has 0 spiro atoms. The summed E-state index contributed by atoms with van der Waals surface area (Å²) in [6.45, 7) is 7.64. The van der Waals surface area contributed by atoms with Crippen LogP contribution in [0.5, 0.6) is 5.75 Å². The van der Waals surface area contributed by atoms with Crippen molar-refractivity contribution in [3.8, 4) is 5.75 Å². The average Bonchev–Trinajstić information content (AvgIpc) is 2.38. The van der Waals surface area contributed by atoms with E-state index in [9.17, 15) is 9.90 Å². The molecule has 0 saturated heterocycles. The Hall–Kier alpha value is -1.55. The molecule has 0 aliphatic carbocycles. The molecule has 1 aromatic rings. The first-order valence-corrected chi connectivity index (χ1v) is 6.28. The van der Waals surface area contributed by atoms with Crippen LogP contribution in [-0.2, 0) is 0 Å². The molecule has 0 fully saturated rings. The number of benzene rings is 1. The quantitative estimate of drug-likeness (QED) is 0.836. The van der Waals surface area contributed by atoms with E-state index >= 15 is 0 Å². The predicted octanol–water partition coefficient (Wildman–Crippen LogP) is 1.76. The fraction of sp³-hybridized carbons (Fsp3) is 0.500. The summed E-state index contributed by atoms with van der Waals surface area (Å²) >= 11 is 0. The number of carbonyl (C=O) groups excluding carboxylic acids is 1. The minimum Gasteiger partial charge on any atom is -0.508 e. The predicted molar refractivity (Wildman–Crippen MR) is 72.6 cm³/mol. The van der Waals surface area contributed by atoms with Crippen LogP contribution in [0.25, 0.3) is 0 Å². The standard InChI is InChI=1S/C14H22N2O2/c1-4-16(9-10(2)8-15)14(18)12-5-6-13(17)11(3)7-12/h5-7,10,17H,4,8-9,15H2,1-3H3. The van der Waals surface area contributed by atoms with Crippen molar-refractivity contribution in [3.63, 3.8) is 0 Å². The molecule has 4 heteroatoms. The first kappa shape index (κ1) is 14.5. The van der Waals surface area contributed by atoms with Crippen LogP contribution in [0.4, 0.5) is 0 Å². The number of nitrogens with zero attached hydrogens (tertiary/aromatic N) is 1. The van der Waals surface area contributed by atoms with Crippen LogP contribution in [0.15, 0.2) is 18.2 Å². The van der Waals surface area contributed by atoms with Gasteiger partial charge in [-0.1, -0.05) is 6.92 Å². The number of aryl methyl sites for hydroxylation is 1. The zero-order valence-electron chi connectivity index (χ0n) is 11.3. The second kappa shape index (κ2) is 6.40. The van der Waals surface area contributed by atoms with Gasteiger partial charge in [0.2, 0.25) is 0 Å². The van der Waals surface area contributed by atoms with Crippen LogP contribution in [0.3, 0.4) is 0 Å². The van der Waals surface area contributed by atoms with Gasteiger partial charge in [0.25, 0.3) is 5.91 Å². The van der Waals surface area contributed by atoms with E-state index < -0.39 is 0 Å². The van der Waals surface area contributed by atoms with Crippen LogP contribution in [0.2, 0.25) is 0 Å². The van der Waals surface area contributed by atoms with E-state index in [-0.39, 0.29) is 17.6 Å². The van der Waals surface area contributed by atoms with Gasteiger partial charge >= 0.3 is 0 Å². The third kappa shape index (κ3) is 3.47. The fourth-order valence-corrected chi connectivity index (χ4v) is 1.78. The van der Waals surface area contributed by atoms with Gasteiger partial charge in [0.15, 0.2) is 0 Å². The van der Waals surface area contributed by atoms with E-state index in [1.807, 2.05) is 13.8 Å². The summed E-state index contributed by atoms with van der Waals surface area (Å²) in [5.41, 5.74) is 6.91. The molecule has 100 valence electrons. The Labute approximate surface area is 108 Å². The Kier molecular flexibility index (Phi) is 5.16. The smallest absolute Gasteiger partial charge is 0.253 e. The normalized spacial score (nSPS) is 12.2. The van der Waals surface area contributed by atoms with E-state index in [1.54, 1.807) is 30.0 Å². The van der Waals surface area contributed by atoms with Gasteiger partial charge in [-0.25, -0.2) is 0 Å². The summed E-state index contributed by atoms with van der Waals surface area (Å²) in [5.74, 6) is 0.484. The fourth-order valence-electron chi connectivity index (χ4n) is 1.78. The van der Waals surface area contributed by atoms with Gasteiger partial charge in [-0.2, -0.15) is 0 Å². The molecule has 1 rings (SSSR count). The van der Waals surface area contributed by atoms with Crippen LogP contribution in [0.1, 0.15) is 29.8 Å². The van der Waals surface area contributed by atoms with Crippen molar-refractivity contribution in [2.75, 3.05) is 19.6 Å². The Morgan fingerprint density at radius 3 is 2.67 bits per heavy atom. The van der Waals surface area contributed by atoms with Crippen molar-refractivity contribution in [2.24, 2.45) is 11.7 Å². The van der Waals surface area contributed by atoms with Gasteiger partial charge in [0, 0.05) is 18.7 Å². The average molecular weight is 250 g/mol. The van der Waals surface area contributed by atoms with Crippen molar-refractivity contribution in [2.45, 2.75) is 20.8 Å². The Morgan fingerprint density at radius 1 is 1.50 bits per heavy atom. The van der Waals surface area contributed by atoms with E-state index in [4.69, 9.17) is 5.73 Å². The van der Waals surface area contributed by atoms with Crippen molar-refractivity contribution in [3.05, 3.63) is 29.3 Å². The van der Waals surface area contributed by atoms with Gasteiger partial charge in [0.1, 0.15) is 5.75 Å². The number of phenols is 1. The van der Waals surface area contributed by atoms with Gasteiger partial charge < -0.3 is 15.7 Å². The number of hydrogen-bond acceptors (Lipinski definition) is 3. The van der Waals surface area contributed by atoms with Gasteiger partial charge in [-0.15, -0.1) is 0 Å². The Bertz CT molecular complexity index is 418. The zero-order chi connectivity index (χ0) is 13.7. The largest absolute Gasteiger partial charge is 0.508 e. The Balaban J connectivity index is 2.86. The third-order valence-corrected chi connectivity index (χ3v) is 3.05. The van der Waals surface area contributed by atoms with Crippen molar-refractivity contribution >= 4 is 5.91 Å². The number of hydrogen-bond donors (Lipinski definition) is 2. The van der Waals surface area contributed by atoms with Crippen molar-refractivity contribution < 1.29 is 9.90 Å². The topological polar surface area (TPSA) is 66.6 Å². The lowest BCUT2D eigenvalue weighted by Crippen LogP contribution is -2.36. The molecule has 4 nitrogen and oxygen atoms in total. The number of rotatable bonds is 5. The molecule has 1 unspecified atom stereocenters. The highest BCUT2D eigenvalue weighted by molar-refractivity contribution is 5.94. The summed E-state index contributed by atoms with van der Waals surface area (Å²) in [5, 5.41) is 9.46. The zero-order valence-corrected chi connectivity index (χ0v) is 11.3. The number of carbonyl (C=O) groups is 1. The highest BCUT2D eigenvalue weighted by atomic mass is 16.3. The maximum absolute atomic E-state index is 12.3. The SMILES string of the molecule is CCN(CC(C)CN)C(=O)c1ccc(O)c(C)c1. The molecule has 3 N–H and O–H groups in total. The highest BCUT2D eigenvalue weighted by Crippen LogP contribution is 2.18. The lowest BCUT2D eigenvalue weighted by Gasteiger charge is -2.24. The number of aromatic hydroxyl groups is 1. The summed E-state index contributed by atoms with van der Waals surface area (Å²) in [6, 6.07) is 4.93. The summed E-state index contributed by atoms with van der Waals surface area (Å²) < 4.78 is 0. The minimum atomic E-state index is -0.0131. The second-order valence-electron chi connectivity index (χ2n) is 4.69. The molecule has 1 amide bonds. The van der Waals surface area contributed by atoms with E-state index in [1.165, 1.54) is 0 Å². The molecule has 0 heterocycles. The highest BCUT2D eigenvalue weighted by Gasteiger charge is 2.16. The molecule has 0 aliphatic rings. The van der Waals surface area contributed by atoms with Crippen LogP contribution in [0, 0.1) is 12.8 Å². The van der Waals surface area contributed by atoms with E-state index in [0.717, 1.165) is 0 Å². The minimum absolute atomic E-state index is 0.0131. The summed E-state index contributed by atoms with van der Waals surface area (Å²) in [4.78, 5) is 14.1. The molecular weight excluding hydrogens is 228 g/mol. The summed E-state index contributed by atoms with van der Waals surface area (Å²) in [6.07, 6.45) is 0. The first-order valence-electron chi connectivity index (χ1n) is 6.28.